The molecule has 3 fully saturated rings. The van der Waals surface area contributed by atoms with E-state index in [0.717, 1.165) is 36.8 Å². The van der Waals surface area contributed by atoms with Crippen LogP contribution in [0.1, 0.15) is 104 Å². The van der Waals surface area contributed by atoms with Gasteiger partial charge in [0.25, 0.3) is 0 Å². The molecule has 0 amide bonds. The molecule has 0 aliphatic heterocycles. The zero-order valence-electron chi connectivity index (χ0n) is 20.0. The number of aryl methyl sites for hydroxylation is 1. The minimum absolute atomic E-state index is 0.0313. The number of aromatic carboxylic acids is 1. The SMILES string of the molecule is CCCc1ccc(-c2c(C34CCC(CCC)(CC3)CC4)ccc(C(=O)O)c2Cl)c(C#N)c1C#N. The molecule has 0 aromatic heterocycles. The van der Waals surface area contributed by atoms with Gasteiger partial charge in [0, 0.05) is 11.1 Å². The number of hydrogen-bond acceptors (Lipinski definition) is 3. The summed E-state index contributed by atoms with van der Waals surface area (Å²) >= 11 is 6.82. The number of carboxylic acid groups (broad SMARTS) is 1. The van der Waals surface area contributed by atoms with Crippen molar-refractivity contribution in [3.8, 4) is 23.3 Å². The van der Waals surface area contributed by atoms with Gasteiger partial charge in [0.15, 0.2) is 0 Å². The van der Waals surface area contributed by atoms with Crippen LogP contribution in [-0.2, 0) is 11.8 Å². The van der Waals surface area contributed by atoms with Crippen molar-refractivity contribution in [2.24, 2.45) is 5.41 Å². The number of nitrogens with zero attached hydrogens (tertiary/aromatic N) is 2. The lowest BCUT2D eigenvalue weighted by Crippen LogP contribution is -2.44. The van der Waals surface area contributed by atoms with E-state index in [1.807, 2.05) is 25.1 Å². The maximum absolute atomic E-state index is 12.0. The topological polar surface area (TPSA) is 84.9 Å². The predicted octanol–water partition coefficient (Wildman–Crippen LogP) is 7.79. The molecular weight excluding hydrogens is 444 g/mol. The number of fused-ring (bicyclic) bond motifs is 3. The van der Waals surface area contributed by atoms with Gasteiger partial charge in [-0.1, -0.05) is 56.5 Å². The Bertz CT molecular complexity index is 1190. The summed E-state index contributed by atoms with van der Waals surface area (Å²) in [6.45, 7) is 4.29. The molecule has 0 radical (unpaired) electrons. The number of carbonyl (C=O) groups is 1. The molecule has 3 aliphatic carbocycles. The molecule has 2 bridgehead atoms. The van der Waals surface area contributed by atoms with E-state index < -0.39 is 5.97 Å². The van der Waals surface area contributed by atoms with E-state index in [2.05, 4.69) is 19.1 Å². The molecule has 2 aromatic carbocycles. The summed E-state index contributed by atoms with van der Waals surface area (Å²) < 4.78 is 0. The van der Waals surface area contributed by atoms with E-state index >= 15 is 0 Å². The van der Waals surface area contributed by atoms with Crippen LogP contribution < -0.4 is 0 Å². The van der Waals surface area contributed by atoms with Crippen molar-refractivity contribution >= 4 is 17.6 Å². The third kappa shape index (κ3) is 3.89. The first-order chi connectivity index (χ1) is 16.3. The first kappa shape index (κ1) is 24.3. The van der Waals surface area contributed by atoms with Crippen molar-refractivity contribution in [1.29, 1.82) is 10.5 Å². The Balaban J connectivity index is 1.94. The quantitative estimate of drug-likeness (QED) is 0.443. The third-order valence-corrected chi connectivity index (χ3v) is 8.82. The van der Waals surface area contributed by atoms with Gasteiger partial charge < -0.3 is 5.11 Å². The van der Waals surface area contributed by atoms with E-state index in [1.165, 1.54) is 32.1 Å². The fourth-order valence-electron chi connectivity index (χ4n) is 6.59. The maximum Gasteiger partial charge on any atom is 0.337 e. The van der Waals surface area contributed by atoms with Crippen LogP contribution in [0, 0.1) is 28.1 Å². The average Bonchev–Trinajstić information content (AvgIpc) is 2.84. The van der Waals surface area contributed by atoms with Crippen molar-refractivity contribution in [3.63, 3.8) is 0 Å². The zero-order chi connectivity index (χ0) is 24.5. The number of benzene rings is 2. The van der Waals surface area contributed by atoms with Gasteiger partial charge in [-0.25, -0.2) is 4.79 Å². The molecule has 4 nitrogen and oxygen atoms in total. The highest BCUT2D eigenvalue weighted by molar-refractivity contribution is 6.36. The van der Waals surface area contributed by atoms with Crippen LogP contribution >= 0.6 is 11.6 Å². The molecule has 2 aromatic rings. The predicted molar refractivity (Wildman–Crippen MR) is 134 cm³/mol. The van der Waals surface area contributed by atoms with Crippen LogP contribution in [0.15, 0.2) is 24.3 Å². The summed E-state index contributed by atoms with van der Waals surface area (Å²) in [6.07, 6.45) is 10.7. The molecule has 176 valence electrons. The van der Waals surface area contributed by atoms with Crippen molar-refractivity contribution in [2.45, 2.75) is 83.5 Å². The first-order valence-corrected chi connectivity index (χ1v) is 12.8. The van der Waals surface area contributed by atoms with E-state index in [1.54, 1.807) is 6.07 Å². The fraction of sp³-hybridized carbons (Fsp3) is 0.483. The molecular formula is C29H31ClN2O2. The summed E-state index contributed by atoms with van der Waals surface area (Å²) in [7, 11) is 0. The number of halogens is 1. The molecule has 0 atom stereocenters. The summed E-state index contributed by atoms with van der Waals surface area (Å²) in [5, 5.41) is 30.0. The Morgan fingerprint density at radius 3 is 2.15 bits per heavy atom. The van der Waals surface area contributed by atoms with E-state index in [4.69, 9.17) is 11.6 Å². The van der Waals surface area contributed by atoms with Crippen LogP contribution in [0.5, 0.6) is 0 Å². The van der Waals surface area contributed by atoms with Gasteiger partial charge in [-0.15, -0.1) is 0 Å². The fourth-order valence-corrected chi connectivity index (χ4v) is 6.94. The Morgan fingerprint density at radius 1 is 0.971 bits per heavy atom. The lowest BCUT2D eigenvalue weighted by atomic mass is 9.50. The largest absolute Gasteiger partial charge is 0.478 e. The van der Waals surface area contributed by atoms with Gasteiger partial charge in [0.1, 0.15) is 12.1 Å². The van der Waals surface area contributed by atoms with Crippen LogP contribution in [0.4, 0.5) is 0 Å². The normalized spacial score (nSPS) is 23.3. The molecule has 3 aliphatic rings. The molecule has 0 heterocycles. The minimum Gasteiger partial charge on any atom is -0.478 e. The summed E-state index contributed by atoms with van der Waals surface area (Å²) in [5.74, 6) is -1.09. The monoisotopic (exact) mass is 474 g/mol. The van der Waals surface area contributed by atoms with Crippen molar-refractivity contribution < 1.29 is 9.90 Å². The van der Waals surface area contributed by atoms with Gasteiger partial charge in [0.05, 0.1) is 21.7 Å². The summed E-state index contributed by atoms with van der Waals surface area (Å²) in [5.41, 5.74) is 4.14. The van der Waals surface area contributed by atoms with Crippen LogP contribution in [-0.4, -0.2) is 11.1 Å². The summed E-state index contributed by atoms with van der Waals surface area (Å²) in [6, 6.07) is 11.8. The second kappa shape index (κ2) is 9.44. The first-order valence-electron chi connectivity index (χ1n) is 12.4. The molecule has 5 rings (SSSR count). The van der Waals surface area contributed by atoms with Gasteiger partial charge in [-0.2, -0.15) is 10.5 Å². The van der Waals surface area contributed by atoms with E-state index in [0.29, 0.717) is 34.1 Å². The van der Waals surface area contributed by atoms with Gasteiger partial charge in [-0.05, 0) is 79.4 Å². The highest BCUT2D eigenvalue weighted by atomic mass is 35.5. The van der Waals surface area contributed by atoms with E-state index in [-0.39, 0.29) is 16.0 Å². The molecule has 5 heteroatoms. The standard InChI is InChI=1S/C29H31ClN2O2/c1-3-5-19-6-7-20(23(18-32)22(19)17-31)25-24(9-8-21(26(25)30)27(33)34)29-14-11-28(10-4-2,12-15-29)13-16-29/h6-9H,3-5,10-16H2,1-2H3,(H,33,34). The highest BCUT2D eigenvalue weighted by Gasteiger charge is 2.49. The molecule has 0 spiro atoms. The average molecular weight is 475 g/mol. The molecule has 34 heavy (non-hydrogen) atoms. The number of hydrogen-bond donors (Lipinski definition) is 1. The second-order valence-corrected chi connectivity index (χ2v) is 10.6. The van der Waals surface area contributed by atoms with Crippen LogP contribution in [0.3, 0.4) is 0 Å². The smallest absolute Gasteiger partial charge is 0.337 e. The second-order valence-electron chi connectivity index (χ2n) is 10.2. The lowest BCUT2D eigenvalue weighted by molar-refractivity contribution is 0.0323. The van der Waals surface area contributed by atoms with Crippen molar-refractivity contribution in [3.05, 3.63) is 57.1 Å². The third-order valence-electron chi connectivity index (χ3n) is 8.43. The maximum atomic E-state index is 12.0. The van der Waals surface area contributed by atoms with Gasteiger partial charge in [0.2, 0.25) is 0 Å². The Labute approximate surface area is 207 Å². The molecule has 0 saturated heterocycles. The number of nitriles is 2. The van der Waals surface area contributed by atoms with Crippen molar-refractivity contribution in [1.82, 2.24) is 0 Å². The van der Waals surface area contributed by atoms with Crippen LogP contribution in [0.2, 0.25) is 5.02 Å². The van der Waals surface area contributed by atoms with Gasteiger partial charge >= 0.3 is 5.97 Å². The Kier molecular flexibility index (Phi) is 6.75. The number of rotatable bonds is 7. The van der Waals surface area contributed by atoms with Gasteiger partial charge in [-0.3, -0.25) is 0 Å². The van der Waals surface area contributed by atoms with Crippen LogP contribution in [0.25, 0.3) is 11.1 Å². The number of carboxylic acids is 1. The Morgan fingerprint density at radius 2 is 1.62 bits per heavy atom. The zero-order valence-corrected chi connectivity index (χ0v) is 20.8. The molecule has 3 saturated carbocycles. The van der Waals surface area contributed by atoms with E-state index in [9.17, 15) is 20.4 Å². The Hall–Kier alpha value is -2.82. The molecule has 0 unspecified atom stereocenters. The summed E-state index contributed by atoms with van der Waals surface area (Å²) in [4.78, 5) is 12.0. The molecule has 1 N–H and O–H groups in total. The lowest BCUT2D eigenvalue weighted by Gasteiger charge is -2.54. The minimum atomic E-state index is -1.09. The highest BCUT2D eigenvalue weighted by Crippen LogP contribution is 2.61. The van der Waals surface area contributed by atoms with Crippen molar-refractivity contribution in [2.75, 3.05) is 0 Å².